The third-order valence-electron chi connectivity index (χ3n) is 3.47. The van der Waals surface area contributed by atoms with Crippen molar-refractivity contribution in [2.75, 3.05) is 12.3 Å². The van der Waals surface area contributed by atoms with Gasteiger partial charge in [0.15, 0.2) is 11.2 Å². The van der Waals surface area contributed by atoms with Crippen LogP contribution in [0.4, 0.5) is 5.95 Å². The smallest absolute Gasteiger partial charge is 0.282 e. The fraction of sp³-hybridized carbons (Fsp3) is 0.600. The molecule has 3 rings (SSSR count). The summed E-state index contributed by atoms with van der Waals surface area (Å²) >= 11 is 0. The largest absolute Gasteiger partial charge is 0.396 e. The van der Waals surface area contributed by atoms with E-state index in [0.717, 1.165) is 19.3 Å². The number of nitrogens with two attached hydrogens (primary N) is 1. The number of nitrogen functional groups attached to an aromatic ring is 1. The molecule has 0 spiro atoms. The van der Waals surface area contributed by atoms with Gasteiger partial charge < -0.3 is 10.8 Å². The molecule has 2 atom stereocenters. The first-order valence-corrected chi connectivity index (χ1v) is 5.90. The third-order valence-corrected chi connectivity index (χ3v) is 3.47. The number of anilines is 1. The molecule has 18 heavy (non-hydrogen) atoms. The lowest BCUT2D eigenvalue weighted by Crippen LogP contribution is -2.14. The summed E-state index contributed by atoms with van der Waals surface area (Å²) in [7, 11) is 0. The minimum absolute atomic E-state index is 0.0627. The van der Waals surface area contributed by atoms with Gasteiger partial charge in [0.05, 0.1) is 6.04 Å². The Labute approximate surface area is 102 Å². The van der Waals surface area contributed by atoms with Crippen LogP contribution in [0.5, 0.6) is 0 Å². The van der Waals surface area contributed by atoms with Gasteiger partial charge in [-0.2, -0.15) is 4.98 Å². The highest BCUT2D eigenvalue weighted by atomic mass is 16.3. The molecule has 0 radical (unpaired) electrons. The lowest BCUT2D eigenvalue weighted by atomic mass is 10.1. The minimum atomic E-state index is -0.375. The van der Waals surface area contributed by atoms with E-state index < -0.39 is 0 Å². The Morgan fingerprint density at radius 2 is 2.33 bits per heavy atom. The van der Waals surface area contributed by atoms with Crippen molar-refractivity contribution in [1.29, 1.82) is 0 Å². The molecule has 0 amide bonds. The summed E-state index contributed by atoms with van der Waals surface area (Å²) < 4.78 is 1.65. The second-order valence-electron chi connectivity index (χ2n) is 4.67. The number of nitrogens with zero attached hydrogens (tertiary/aromatic N) is 4. The Morgan fingerprint density at radius 3 is 3.06 bits per heavy atom. The van der Waals surface area contributed by atoms with Crippen LogP contribution in [0.25, 0.3) is 11.2 Å². The predicted octanol–water partition coefficient (Wildman–Crippen LogP) is -0.570. The molecule has 2 heterocycles. The van der Waals surface area contributed by atoms with Crippen molar-refractivity contribution in [1.82, 2.24) is 25.0 Å². The van der Waals surface area contributed by atoms with Crippen molar-refractivity contribution >= 4 is 17.1 Å². The molecule has 1 saturated carbocycles. The number of aliphatic hydroxyl groups excluding tert-OH is 1. The van der Waals surface area contributed by atoms with E-state index in [1.807, 2.05) is 0 Å². The standard InChI is InChI=1S/C10H14N6O2/c11-10-12-8-7(9(18)13-10)14-15-16(8)6-2-1-5(3-6)4-17/h5-6,17H,1-4H2,(H3,11,12,13,18)/t5?,6-/m0/s1. The monoisotopic (exact) mass is 250 g/mol. The fourth-order valence-corrected chi connectivity index (χ4v) is 2.54. The summed E-state index contributed by atoms with van der Waals surface area (Å²) in [6.07, 6.45) is 2.67. The molecule has 0 saturated heterocycles. The minimum Gasteiger partial charge on any atom is -0.396 e. The van der Waals surface area contributed by atoms with Crippen LogP contribution in [0.1, 0.15) is 25.3 Å². The molecule has 4 N–H and O–H groups in total. The molecule has 1 aliphatic carbocycles. The van der Waals surface area contributed by atoms with Crippen LogP contribution >= 0.6 is 0 Å². The lowest BCUT2D eigenvalue weighted by molar-refractivity contribution is 0.225. The maximum Gasteiger partial charge on any atom is 0.282 e. The quantitative estimate of drug-likeness (QED) is 0.656. The second-order valence-corrected chi connectivity index (χ2v) is 4.67. The Balaban J connectivity index is 2.05. The van der Waals surface area contributed by atoms with E-state index >= 15 is 0 Å². The van der Waals surface area contributed by atoms with Crippen LogP contribution in [0.3, 0.4) is 0 Å². The van der Waals surface area contributed by atoms with Crippen molar-refractivity contribution in [3.05, 3.63) is 10.4 Å². The van der Waals surface area contributed by atoms with E-state index in [-0.39, 0.29) is 35.6 Å². The van der Waals surface area contributed by atoms with Crippen molar-refractivity contribution in [3.8, 4) is 0 Å². The number of aromatic amines is 1. The Morgan fingerprint density at radius 1 is 1.50 bits per heavy atom. The van der Waals surface area contributed by atoms with Gasteiger partial charge in [0.1, 0.15) is 0 Å². The Hall–Kier alpha value is -1.96. The lowest BCUT2D eigenvalue weighted by Gasteiger charge is -2.10. The molecule has 1 fully saturated rings. The highest BCUT2D eigenvalue weighted by Crippen LogP contribution is 2.34. The van der Waals surface area contributed by atoms with Gasteiger partial charge in [-0.05, 0) is 25.2 Å². The van der Waals surface area contributed by atoms with Gasteiger partial charge in [-0.3, -0.25) is 9.78 Å². The average molecular weight is 250 g/mol. The van der Waals surface area contributed by atoms with Gasteiger partial charge in [-0.25, -0.2) is 4.68 Å². The van der Waals surface area contributed by atoms with Gasteiger partial charge >= 0.3 is 0 Å². The van der Waals surface area contributed by atoms with Crippen LogP contribution in [0, 0.1) is 5.92 Å². The van der Waals surface area contributed by atoms with Gasteiger partial charge in [-0.15, -0.1) is 5.10 Å². The molecule has 2 aromatic heterocycles. The van der Waals surface area contributed by atoms with E-state index in [4.69, 9.17) is 10.8 Å². The number of hydrogen-bond donors (Lipinski definition) is 3. The number of aliphatic hydroxyl groups is 1. The van der Waals surface area contributed by atoms with Gasteiger partial charge in [-0.1, -0.05) is 5.21 Å². The molecule has 0 bridgehead atoms. The normalized spacial score (nSPS) is 23.8. The summed E-state index contributed by atoms with van der Waals surface area (Å²) in [5.41, 5.74) is 5.78. The zero-order valence-electron chi connectivity index (χ0n) is 9.70. The number of hydrogen-bond acceptors (Lipinski definition) is 6. The first-order chi connectivity index (χ1) is 8.69. The molecule has 2 aromatic rings. The van der Waals surface area contributed by atoms with Crippen LogP contribution in [0.2, 0.25) is 0 Å². The SMILES string of the molecule is Nc1nc2c(nnn2[C@H]2CCC(CO)C2)c(=O)[nH]1. The third kappa shape index (κ3) is 1.65. The Kier molecular flexibility index (Phi) is 2.51. The molecule has 0 aromatic carbocycles. The second kappa shape index (κ2) is 4.05. The zero-order chi connectivity index (χ0) is 12.7. The number of rotatable bonds is 2. The van der Waals surface area contributed by atoms with E-state index in [0.29, 0.717) is 5.65 Å². The van der Waals surface area contributed by atoms with Crippen LogP contribution in [0.15, 0.2) is 4.79 Å². The van der Waals surface area contributed by atoms with E-state index in [9.17, 15) is 4.79 Å². The number of nitrogens with one attached hydrogen (secondary N) is 1. The van der Waals surface area contributed by atoms with Crippen molar-refractivity contribution < 1.29 is 5.11 Å². The molecule has 1 unspecified atom stereocenters. The van der Waals surface area contributed by atoms with E-state index in [1.165, 1.54) is 0 Å². The fourth-order valence-electron chi connectivity index (χ4n) is 2.54. The van der Waals surface area contributed by atoms with Crippen LogP contribution in [-0.4, -0.2) is 36.7 Å². The highest BCUT2D eigenvalue weighted by molar-refractivity contribution is 5.69. The molecular formula is C10H14N6O2. The Bertz CT molecular complexity index is 633. The molecule has 96 valence electrons. The topological polar surface area (TPSA) is 123 Å². The number of H-pyrrole nitrogens is 1. The van der Waals surface area contributed by atoms with Crippen LogP contribution < -0.4 is 11.3 Å². The van der Waals surface area contributed by atoms with Crippen molar-refractivity contribution in [2.45, 2.75) is 25.3 Å². The summed E-state index contributed by atoms with van der Waals surface area (Å²) in [5.74, 6) is 0.348. The van der Waals surface area contributed by atoms with Crippen molar-refractivity contribution in [2.24, 2.45) is 5.92 Å². The van der Waals surface area contributed by atoms with E-state index in [1.54, 1.807) is 4.68 Å². The first kappa shape index (κ1) is 11.1. The molecule has 8 heteroatoms. The van der Waals surface area contributed by atoms with E-state index in [2.05, 4.69) is 20.3 Å². The first-order valence-electron chi connectivity index (χ1n) is 5.90. The maximum atomic E-state index is 11.6. The van der Waals surface area contributed by atoms with Gasteiger partial charge in [0.25, 0.3) is 5.56 Å². The number of aromatic nitrogens is 5. The van der Waals surface area contributed by atoms with Crippen molar-refractivity contribution in [3.63, 3.8) is 0 Å². The van der Waals surface area contributed by atoms with Gasteiger partial charge in [0.2, 0.25) is 5.95 Å². The molecule has 8 nitrogen and oxygen atoms in total. The molecular weight excluding hydrogens is 236 g/mol. The van der Waals surface area contributed by atoms with Gasteiger partial charge in [0, 0.05) is 6.61 Å². The van der Waals surface area contributed by atoms with Crippen LogP contribution in [-0.2, 0) is 0 Å². The summed E-state index contributed by atoms with van der Waals surface area (Å²) in [6.45, 7) is 0.180. The predicted molar refractivity (Wildman–Crippen MR) is 63.8 cm³/mol. The summed E-state index contributed by atoms with van der Waals surface area (Å²) in [5, 5.41) is 17.0. The maximum absolute atomic E-state index is 11.6. The molecule has 1 aliphatic rings. The summed E-state index contributed by atoms with van der Waals surface area (Å²) in [6, 6.07) is 0.126. The zero-order valence-corrected chi connectivity index (χ0v) is 9.70. The average Bonchev–Trinajstić information content (AvgIpc) is 2.93. The number of fused-ring (bicyclic) bond motifs is 1. The highest BCUT2D eigenvalue weighted by Gasteiger charge is 2.28. The molecule has 0 aliphatic heterocycles. The summed E-state index contributed by atoms with van der Waals surface area (Å²) in [4.78, 5) is 18.1.